The summed E-state index contributed by atoms with van der Waals surface area (Å²) in [6, 6.07) is 9.05. The number of halogens is 2. The van der Waals surface area contributed by atoms with Gasteiger partial charge in [0.1, 0.15) is 29.1 Å². The molecule has 0 radical (unpaired) electrons. The number of allylic oxidation sites excluding steroid dienone is 2. The second-order valence-corrected chi connectivity index (χ2v) is 7.86. The number of amides is 1. The third-order valence-corrected chi connectivity index (χ3v) is 5.09. The van der Waals surface area contributed by atoms with Gasteiger partial charge in [-0.25, -0.2) is 9.37 Å². The smallest absolute Gasteiger partial charge is 0.262 e. The Kier molecular flexibility index (Phi) is 6.24. The Morgan fingerprint density at radius 1 is 1.30 bits per heavy atom. The van der Waals surface area contributed by atoms with E-state index in [9.17, 15) is 9.18 Å². The molecular formula is C22H17ClFN5O4. The number of ether oxygens (including phenoxy) is 2. The van der Waals surface area contributed by atoms with Crippen LogP contribution < -0.4 is 14.8 Å². The molecule has 0 spiro atoms. The largest absolute Gasteiger partial charge is 0.484 e. The fourth-order valence-electron chi connectivity index (χ4n) is 3.12. The number of carbonyl (C=O) groups excluding carboxylic acids is 1. The van der Waals surface area contributed by atoms with Gasteiger partial charge in [0.05, 0.1) is 16.6 Å². The molecule has 1 amide bonds. The Morgan fingerprint density at radius 3 is 2.79 bits per heavy atom. The molecule has 0 aliphatic heterocycles. The van der Waals surface area contributed by atoms with Crippen molar-refractivity contribution in [2.45, 2.75) is 25.4 Å². The van der Waals surface area contributed by atoms with E-state index in [1.165, 1.54) is 18.3 Å². The van der Waals surface area contributed by atoms with Crippen molar-refractivity contribution in [3.8, 4) is 17.6 Å². The molecule has 4 rings (SSSR count). The number of pyridine rings is 1. The van der Waals surface area contributed by atoms with Crippen LogP contribution in [-0.4, -0.2) is 27.7 Å². The van der Waals surface area contributed by atoms with Crippen molar-refractivity contribution in [2.24, 2.45) is 0 Å². The first-order chi connectivity index (χ1) is 15.8. The van der Waals surface area contributed by atoms with Gasteiger partial charge in [0.15, 0.2) is 13.2 Å². The van der Waals surface area contributed by atoms with Crippen molar-refractivity contribution in [3.05, 3.63) is 76.6 Å². The van der Waals surface area contributed by atoms with E-state index in [1.54, 1.807) is 12.1 Å². The number of hydrogen-bond acceptors (Lipinski definition) is 8. The van der Waals surface area contributed by atoms with Gasteiger partial charge in [-0.3, -0.25) is 4.79 Å². The second-order valence-electron chi connectivity index (χ2n) is 7.46. The predicted molar refractivity (Wildman–Crippen MR) is 113 cm³/mol. The van der Waals surface area contributed by atoms with Gasteiger partial charge in [0, 0.05) is 18.2 Å². The molecule has 1 unspecified atom stereocenters. The fraction of sp³-hybridized carbons (Fsp3) is 0.227. The van der Waals surface area contributed by atoms with Gasteiger partial charge in [0.25, 0.3) is 11.8 Å². The average molecular weight is 470 g/mol. The Morgan fingerprint density at radius 2 is 2.09 bits per heavy atom. The minimum atomic E-state index is -0.620. The van der Waals surface area contributed by atoms with E-state index < -0.39 is 11.2 Å². The van der Waals surface area contributed by atoms with Gasteiger partial charge in [-0.1, -0.05) is 11.6 Å². The summed E-state index contributed by atoms with van der Waals surface area (Å²) in [5, 5.41) is 19.5. The summed E-state index contributed by atoms with van der Waals surface area (Å²) in [5.74, 6) is 0.350. The first-order valence-electron chi connectivity index (χ1n) is 9.76. The van der Waals surface area contributed by atoms with Crippen molar-refractivity contribution in [1.82, 2.24) is 20.5 Å². The van der Waals surface area contributed by atoms with E-state index in [1.807, 2.05) is 19.1 Å². The van der Waals surface area contributed by atoms with Gasteiger partial charge in [0.2, 0.25) is 5.89 Å². The quantitative estimate of drug-likeness (QED) is 0.532. The summed E-state index contributed by atoms with van der Waals surface area (Å²) in [7, 11) is 0. The molecule has 1 aromatic carbocycles. The highest BCUT2D eigenvalue weighted by Crippen LogP contribution is 2.39. The minimum absolute atomic E-state index is 0.0206. The third-order valence-electron chi connectivity index (χ3n) is 4.78. The molecule has 33 heavy (non-hydrogen) atoms. The predicted octanol–water partition coefficient (Wildman–Crippen LogP) is 3.45. The molecule has 1 atom stereocenters. The van der Waals surface area contributed by atoms with Crippen LogP contribution in [0, 0.1) is 17.1 Å². The van der Waals surface area contributed by atoms with Crippen LogP contribution in [0.5, 0.6) is 11.5 Å². The van der Waals surface area contributed by atoms with Crippen LogP contribution >= 0.6 is 11.6 Å². The number of benzene rings is 1. The second kappa shape index (κ2) is 9.26. The van der Waals surface area contributed by atoms with Crippen molar-refractivity contribution in [2.75, 3.05) is 6.61 Å². The van der Waals surface area contributed by atoms with Crippen LogP contribution in [0.4, 0.5) is 4.39 Å². The maximum atomic E-state index is 13.4. The van der Waals surface area contributed by atoms with Crippen molar-refractivity contribution >= 4 is 17.5 Å². The molecule has 3 aromatic rings. The molecule has 0 saturated heterocycles. The summed E-state index contributed by atoms with van der Waals surface area (Å²) in [6.07, 6.45) is 3.74. The topological polar surface area (TPSA) is 123 Å². The SMILES string of the molecule is CC1(c2nnc(COc3ccc(C#N)nc3)o2)C=C(NC(=O)COc2ccc(Cl)c(F)c2)C1. The Hall–Kier alpha value is -3.97. The average Bonchev–Trinajstić information content (AvgIpc) is 3.27. The van der Waals surface area contributed by atoms with Gasteiger partial charge < -0.3 is 19.2 Å². The molecule has 0 saturated carbocycles. The number of rotatable bonds is 8. The summed E-state index contributed by atoms with van der Waals surface area (Å²) >= 11 is 5.62. The number of aromatic nitrogens is 3. The molecule has 168 valence electrons. The van der Waals surface area contributed by atoms with Crippen LogP contribution in [-0.2, 0) is 16.8 Å². The van der Waals surface area contributed by atoms with Gasteiger partial charge >= 0.3 is 0 Å². The lowest BCUT2D eigenvalue weighted by molar-refractivity contribution is -0.122. The van der Waals surface area contributed by atoms with Gasteiger partial charge in [-0.15, -0.1) is 10.2 Å². The summed E-state index contributed by atoms with van der Waals surface area (Å²) in [6.45, 7) is 1.67. The van der Waals surface area contributed by atoms with Gasteiger partial charge in [-0.2, -0.15) is 5.26 Å². The van der Waals surface area contributed by atoms with E-state index in [0.717, 1.165) is 6.07 Å². The molecule has 1 aliphatic rings. The lowest BCUT2D eigenvalue weighted by Gasteiger charge is -2.33. The van der Waals surface area contributed by atoms with Crippen molar-refractivity contribution in [1.29, 1.82) is 5.26 Å². The zero-order valence-electron chi connectivity index (χ0n) is 17.3. The number of carbonyl (C=O) groups is 1. The molecule has 1 aliphatic carbocycles. The number of nitrogens with zero attached hydrogens (tertiary/aromatic N) is 4. The highest BCUT2D eigenvalue weighted by Gasteiger charge is 2.39. The first kappa shape index (κ1) is 22.2. The number of hydrogen-bond donors (Lipinski definition) is 1. The summed E-state index contributed by atoms with van der Waals surface area (Å²) in [4.78, 5) is 16.0. The third kappa shape index (κ3) is 5.27. The van der Waals surface area contributed by atoms with Crippen LogP contribution in [0.1, 0.15) is 30.8 Å². The van der Waals surface area contributed by atoms with Crippen LogP contribution in [0.3, 0.4) is 0 Å². The molecule has 0 bridgehead atoms. The van der Waals surface area contributed by atoms with Crippen molar-refractivity contribution in [3.63, 3.8) is 0 Å². The maximum absolute atomic E-state index is 13.4. The monoisotopic (exact) mass is 469 g/mol. The van der Waals surface area contributed by atoms with E-state index in [-0.39, 0.29) is 35.8 Å². The zero-order valence-corrected chi connectivity index (χ0v) is 18.1. The van der Waals surface area contributed by atoms with Crippen LogP contribution in [0.15, 0.2) is 52.7 Å². The molecule has 1 N–H and O–H groups in total. The van der Waals surface area contributed by atoms with Crippen LogP contribution in [0.25, 0.3) is 0 Å². The normalized spacial score (nSPS) is 16.8. The molecule has 9 nitrogen and oxygen atoms in total. The molecule has 2 aromatic heterocycles. The Balaban J connectivity index is 1.27. The van der Waals surface area contributed by atoms with E-state index in [4.69, 9.17) is 30.8 Å². The summed E-state index contributed by atoms with van der Waals surface area (Å²) in [5.41, 5.74) is 0.456. The standard InChI is InChI=1S/C22H17ClFN5O4/c1-22(21-29-28-20(33-21)12-32-16-3-2-13(9-25)26-10-16)7-14(8-22)27-19(30)11-31-15-4-5-17(23)18(24)6-15/h2-7,10H,8,11-12H2,1H3,(H,27,30). The number of nitriles is 1. The fourth-order valence-corrected chi connectivity index (χ4v) is 3.24. The van der Waals surface area contributed by atoms with E-state index >= 15 is 0 Å². The zero-order chi connectivity index (χ0) is 23.4. The highest BCUT2D eigenvalue weighted by atomic mass is 35.5. The lowest BCUT2D eigenvalue weighted by Crippen LogP contribution is -2.39. The molecular weight excluding hydrogens is 453 g/mol. The first-order valence-corrected chi connectivity index (χ1v) is 10.1. The number of nitrogens with one attached hydrogen (secondary N) is 1. The minimum Gasteiger partial charge on any atom is -0.484 e. The maximum Gasteiger partial charge on any atom is 0.262 e. The molecule has 2 heterocycles. The summed E-state index contributed by atoms with van der Waals surface area (Å²) < 4.78 is 29.9. The highest BCUT2D eigenvalue weighted by molar-refractivity contribution is 6.30. The van der Waals surface area contributed by atoms with E-state index in [0.29, 0.717) is 29.5 Å². The van der Waals surface area contributed by atoms with Crippen molar-refractivity contribution < 1.29 is 23.1 Å². The lowest BCUT2D eigenvalue weighted by atomic mass is 9.75. The molecule has 0 fully saturated rings. The van der Waals surface area contributed by atoms with Crippen LogP contribution in [0.2, 0.25) is 5.02 Å². The Labute approximate surface area is 192 Å². The Bertz CT molecular complexity index is 1250. The van der Waals surface area contributed by atoms with E-state index in [2.05, 4.69) is 20.5 Å². The molecule has 11 heteroatoms. The van der Waals surface area contributed by atoms with Gasteiger partial charge in [-0.05, 0) is 37.3 Å².